The molecule has 3 rings (SSSR count). The molecule has 0 bridgehead atoms. The molecule has 2 atom stereocenters. The summed E-state index contributed by atoms with van der Waals surface area (Å²) in [5.74, 6) is 1.18. The first-order valence-electron chi connectivity index (χ1n) is 8.49. The van der Waals surface area contributed by atoms with Crippen LogP contribution in [0.15, 0.2) is 24.3 Å². The van der Waals surface area contributed by atoms with Gasteiger partial charge in [-0.05, 0) is 31.9 Å². The first-order valence-corrected chi connectivity index (χ1v) is 8.49. The van der Waals surface area contributed by atoms with E-state index in [9.17, 15) is 4.79 Å². The molecule has 0 radical (unpaired) electrons. The Bertz CT molecular complexity index is 541. The highest BCUT2D eigenvalue weighted by atomic mass is 16.5. The third-order valence-corrected chi connectivity index (χ3v) is 4.94. The first kappa shape index (κ1) is 16.1. The second kappa shape index (κ2) is 7.21. The quantitative estimate of drug-likeness (QED) is 0.856. The molecule has 0 N–H and O–H groups in total. The second-order valence-electron chi connectivity index (χ2n) is 6.31. The summed E-state index contributed by atoms with van der Waals surface area (Å²) >= 11 is 0. The predicted molar refractivity (Wildman–Crippen MR) is 89.9 cm³/mol. The SMILES string of the molecule is COc1ccccc1N1CCN(C(=O)[C@@H]2CCCO[C@H]2C)CC1. The van der Waals surface area contributed by atoms with Crippen molar-refractivity contribution in [2.75, 3.05) is 44.8 Å². The summed E-state index contributed by atoms with van der Waals surface area (Å²) in [6, 6.07) is 8.06. The average molecular weight is 318 g/mol. The van der Waals surface area contributed by atoms with Crippen molar-refractivity contribution in [2.24, 2.45) is 5.92 Å². The third kappa shape index (κ3) is 3.44. The zero-order chi connectivity index (χ0) is 16.2. The molecule has 23 heavy (non-hydrogen) atoms. The lowest BCUT2D eigenvalue weighted by Gasteiger charge is -2.39. The summed E-state index contributed by atoms with van der Waals surface area (Å²) in [7, 11) is 1.70. The molecule has 5 nitrogen and oxygen atoms in total. The Morgan fingerprint density at radius 2 is 1.96 bits per heavy atom. The summed E-state index contributed by atoms with van der Waals surface area (Å²) in [6.07, 6.45) is 1.98. The molecule has 2 aliphatic rings. The number of hydrogen-bond acceptors (Lipinski definition) is 4. The Morgan fingerprint density at radius 1 is 1.22 bits per heavy atom. The molecular weight excluding hydrogens is 292 g/mol. The molecule has 0 unspecified atom stereocenters. The van der Waals surface area contributed by atoms with Crippen LogP contribution in [-0.4, -0.2) is 56.8 Å². The second-order valence-corrected chi connectivity index (χ2v) is 6.31. The maximum absolute atomic E-state index is 12.7. The lowest BCUT2D eigenvalue weighted by Crippen LogP contribution is -2.52. The van der Waals surface area contributed by atoms with Crippen molar-refractivity contribution in [3.05, 3.63) is 24.3 Å². The van der Waals surface area contributed by atoms with Crippen molar-refractivity contribution in [2.45, 2.75) is 25.9 Å². The highest BCUT2D eigenvalue weighted by Gasteiger charge is 2.33. The molecule has 0 aliphatic carbocycles. The van der Waals surface area contributed by atoms with Crippen molar-refractivity contribution >= 4 is 11.6 Å². The van der Waals surface area contributed by atoms with Gasteiger partial charge in [-0.15, -0.1) is 0 Å². The lowest BCUT2D eigenvalue weighted by atomic mass is 9.93. The normalized spacial score (nSPS) is 25.3. The number of ether oxygens (including phenoxy) is 2. The van der Waals surface area contributed by atoms with Crippen LogP contribution in [0.1, 0.15) is 19.8 Å². The fraction of sp³-hybridized carbons (Fsp3) is 0.611. The minimum atomic E-state index is 0.0292. The van der Waals surface area contributed by atoms with Crippen molar-refractivity contribution in [1.29, 1.82) is 0 Å². The number of methoxy groups -OCH3 is 1. The maximum Gasteiger partial charge on any atom is 0.228 e. The minimum Gasteiger partial charge on any atom is -0.495 e. The molecule has 126 valence electrons. The van der Waals surface area contributed by atoms with Crippen LogP contribution in [0.25, 0.3) is 0 Å². The summed E-state index contributed by atoms with van der Waals surface area (Å²) in [6.45, 7) is 6.02. The number of nitrogens with zero attached hydrogens (tertiary/aromatic N) is 2. The molecule has 0 spiro atoms. The van der Waals surface area contributed by atoms with E-state index in [4.69, 9.17) is 9.47 Å². The maximum atomic E-state index is 12.7. The van der Waals surface area contributed by atoms with Crippen molar-refractivity contribution in [3.63, 3.8) is 0 Å². The molecule has 0 saturated carbocycles. The fourth-order valence-corrected chi connectivity index (χ4v) is 3.54. The number of piperazine rings is 1. The Morgan fingerprint density at radius 3 is 2.65 bits per heavy atom. The summed E-state index contributed by atoms with van der Waals surface area (Å²) in [5.41, 5.74) is 1.11. The van der Waals surface area contributed by atoms with Crippen LogP contribution < -0.4 is 9.64 Å². The van der Waals surface area contributed by atoms with Gasteiger partial charge in [-0.2, -0.15) is 0 Å². The number of carbonyl (C=O) groups excluding carboxylic acids is 1. The number of carbonyl (C=O) groups is 1. The molecule has 1 amide bonds. The van der Waals surface area contributed by atoms with E-state index >= 15 is 0 Å². The highest BCUT2D eigenvalue weighted by molar-refractivity contribution is 5.80. The Hall–Kier alpha value is -1.75. The Kier molecular flexibility index (Phi) is 5.06. The Balaban J connectivity index is 1.61. The van der Waals surface area contributed by atoms with Gasteiger partial charge in [-0.3, -0.25) is 4.79 Å². The van der Waals surface area contributed by atoms with Crippen LogP contribution in [0.2, 0.25) is 0 Å². The molecule has 1 aromatic rings. The van der Waals surface area contributed by atoms with E-state index in [1.807, 2.05) is 30.0 Å². The van der Waals surface area contributed by atoms with E-state index in [-0.39, 0.29) is 17.9 Å². The van der Waals surface area contributed by atoms with E-state index < -0.39 is 0 Å². The number of amides is 1. The molecule has 2 aliphatic heterocycles. The number of rotatable bonds is 3. The van der Waals surface area contributed by atoms with Gasteiger partial charge in [0.15, 0.2) is 0 Å². The summed E-state index contributed by atoms with van der Waals surface area (Å²) < 4.78 is 11.1. The van der Waals surface area contributed by atoms with Gasteiger partial charge in [0.2, 0.25) is 5.91 Å². The van der Waals surface area contributed by atoms with E-state index in [0.717, 1.165) is 57.1 Å². The molecular formula is C18H26N2O3. The summed E-state index contributed by atoms with van der Waals surface area (Å²) in [4.78, 5) is 17.0. The smallest absolute Gasteiger partial charge is 0.228 e. The number of benzene rings is 1. The van der Waals surface area contributed by atoms with E-state index in [0.29, 0.717) is 0 Å². The van der Waals surface area contributed by atoms with Crippen molar-refractivity contribution in [1.82, 2.24) is 4.90 Å². The zero-order valence-corrected chi connectivity index (χ0v) is 14.0. The lowest BCUT2D eigenvalue weighted by molar-refractivity contribution is -0.144. The van der Waals surface area contributed by atoms with E-state index in [2.05, 4.69) is 11.0 Å². The largest absolute Gasteiger partial charge is 0.495 e. The van der Waals surface area contributed by atoms with Crippen LogP contribution in [-0.2, 0) is 9.53 Å². The monoisotopic (exact) mass is 318 g/mol. The molecule has 2 saturated heterocycles. The number of hydrogen-bond donors (Lipinski definition) is 0. The van der Waals surface area contributed by atoms with Crippen molar-refractivity contribution < 1.29 is 14.3 Å². The van der Waals surface area contributed by atoms with Gasteiger partial charge in [0.25, 0.3) is 0 Å². The molecule has 1 aromatic carbocycles. The number of anilines is 1. The topological polar surface area (TPSA) is 42.0 Å². The van der Waals surface area contributed by atoms with Crippen LogP contribution in [0.5, 0.6) is 5.75 Å². The van der Waals surface area contributed by atoms with Crippen LogP contribution in [0.3, 0.4) is 0 Å². The highest BCUT2D eigenvalue weighted by Crippen LogP contribution is 2.29. The van der Waals surface area contributed by atoms with Gasteiger partial charge in [-0.25, -0.2) is 0 Å². The molecule has 2 heterocycles. The van der Waals surface area contributed by atoms with Gasteiger partial charge in [0.1, 0.15) is 5.75 Å². The van der Waals surface area contributed by atoms with E-state index in [1.165, 1.54) is 0 Å². The standard InChI is InChI=1S/C18H26N2O3/c1-14-15(6-5-13-23-14)18(21)20-11-9-19(10-12-20)16-7-3-4-8-17(16)22-2/h3-4,7-8,14-15H,5-6,9-13H2,1-2H3/t14-,15+/m0/s1. The van der Waals surface area contributed by atoms with Crippen molar-refractivity contribution in [3.8, 4) is 5.75 Å². The Labute approximate surface area is 138 Å². The summed E-state index contributed by atoms with van der Waals surface area (Å²) in [5, 5.41) is 0. The minimum absolute atomic E-state index is 0.0292. The third-order valence-electron chi connectivity index (χ3n) is 4.94. The van der Waals surface area contributed by atoms with Gasteiger partial charge in [0.05, 0.1) is 24.8 Å². The molecule has 0 aromatic heterocycles. The first-order chi connectivity index (χ1) is 11.2. The van der Waals surface area contributed by atoms with Gasteiger partial charge >= 0.3 is 0 Å². The van der Waals surface area contributed by atoms with Crippen LogP contribution in [0, 0.1) is 5.92 Å². The fourth-order valence-electron chi connectivity index (χ4n) is 3.54. The predicted octanol–water partition coefficient (Wildman–Crippen LogP) is 2.16. The van der Waals surface area contributed by atoms with Gasteiger partial charge in [0, 0.05) is 32.8 Å². The zero-order valence-electron chi connectivity index (χ0n) is 14.0. The molecule has 2 fully saturated rings. The molecule has 5 heteroatoms. The van der Waals surface area contributed by atoms with Gasteiger partial charge in [-0.1, -0.05) is 12.1 Å². The average Bonchev–Trinajstić information content (AvgIpc) is 2.61. The van der Waals surface area contributed by atoms with Crippen LogP contribution in [0.4, 0.5) is 5.69 Å². The van der Waals surface area contributed by atoms with E-state index in [1.54, 1.807) is 7.11 Å². The number of para-hydroxylation sites is 2. The van der Waals surface area contributed by atoms with Gasteiger partial charge < -0.3 is 19.3 Å². The van der Waals surface area contributed by atoms with Crippen LogP contribution >= 0.6 is 0 Å².